The molecule has 0 radical (unpaired) electrons. The van der Waals surface area contributed by atoms with Gasteiger partial charge >= 0.3 is 0 Å². The second-order valence-corrected chi connectivity index (χ2v) is 6.62. The number of hydrogen-bond acceptors (Lipinski definition) is 3. The number of hydrogen-bond donors (Lipinski definition) is 0. The summed E-state index contributed by atoms with van der Waals surface area (Å²) in [6, 6.07) is 5.77. The lowest BCUT2D eigenvalue weighted by molar-refractivity contribution is 0.0745. The van der Waals surface area contributed by atoms with Crippen LogP contribution in [0.2, 0.25) is 0 Å². The van der Waals surface area contributed by atoms with E-state index in [9.17, 15) is 4.79 Å². The van der Waals surface area contributed by atoms with Crippen LogP contribution in [0.15, 0.2) is 15.9 Å². The molecule has 1 heterocycles. The lowest BCUT2D eigenvalue weighted by atomic mass is 10.2. The Hall–Kier alpha value is -0.860. The Kier molecular flexibility index (Phi) is 5.66. The molecule has 0 spiro atoms. The van der Waals surface area contributed by atoms with E-state index in [1.165, 1.54) is 11.3 Å². The van der Waals surface area contributed by atoms with Crippen molar-refractivity contribution in [1.29, 1.82) is 5.26 Å². The van der Waals surface area contributed by atoms with Crippen molar-refractivity contribution in [2.45, 2.75) is 20.3 Å². The first-order chi connectivity index (χ1) is 8.04. The van der Waals surface area contributed by atoms with Gasteiger partial charge in [-0.05, 0) is 34.0 Å². The number of halogens is 1. The van der Waals surface area contributed by atoms with Crippen LogP contribution in [0, 0.1) is 17.2 Å². The highest BCUT2D eigenvalue weighted by Gasteiger charge is 2.18. The normalized spacial score (nSPS) is 10.3. The van der Waals surface area contributed by atoms with E-state index in [2.05, 4.69) is 35.8 Å². The lowest BCUT2D eigenvalue weighted by Crippen LogP contribution is -2.34. The summed E-state index contributed by atoms with van der Waals surface area (Å²) in [6.45, 7) is 5.33. The standard InChI is InChI=1S/C12H15BrN2OS/c1-9(2)8-15(7-3-6-14)12(16)10-4-5-11(13)17-10/h4-5,9H,3,7-8H2,1-2H3. The molecule has 5 heteroatoms. The molecule has 1 aromatic rings. The fraction of sp³-hybridized carbons (Fsp3) is 0.500. The van der Waals surface area contributed by atoms with Crippen molar-refractivity contribution in [1.82, 2.24) is 4.90 Å². The summed E-state index contributed by atoms with van der Waals surface area (Å²) < 4.78 is 0.950. The zero-order valence-electron chi connectivity index (χ0n) is 9.94. The first kappa shape index (κ1) is 14.2. The van der Waals surface area contributed by atoms with Crippen LogP contribution < -0.4 is 0 Å². The molecule has 0 unspecified atom stereocenters. The summed E-state index contributed by atoms with van der Waals surface area (Å²) in [7, 11) is 0. The summed E-state index contributed by atoms with van der Waals surface area (Å²) in [6.07, 6.45) is 0.380. The molecule has 0 N–H and O–H groups in total. The van der Waals surface area contributed by atoms with E-state index in [0.717, 1.165) is 8.66 Å². The number of nitriles is 1. The highest BCUT2D eigenvalue weighted by atomic mass is 79.9. The van der Waals surface area contributed by atoms with Gasteiger partial charge in [0.1, 0.15) is 0 Å². The fourth-order valence-electron chi connectivity index (χ4n) is 1.49. The van der Waals surface area contributed by atoms with Crippen LogP contribution in [-0.4, -0.2) is 23.9 Å². The van der Waals surface area contributed by atoms with E-state index in [1.54, 1.807) is 4.90 Å². The van der Waals surface area contributed by atoms with Gasteiger partial charge in [-0.3, -0.25) is 4.79 Å². The van der Waals surface area contributed by atoms with Crippen molar-refractivity contribution in [2.24, 2.45) is 5.92 Å². The highest BCUT2D eigenvalue weighted by molar-refractivity contribution is 9.11. The molecule has 92 valence electrons. The molecule has 0 fully saturated rings. The average molecular weight is 315 g/mol. The van der Waals surface area contributed by atoms with E-state index in [4.69, 9.17) is 5.26 Å². The number of carbonyl (C=O) groups is 1. The molecule has 1 aromatic heterocycles. The van der Waals surface area contributed by atoms with Gasteiger partial charge in [0.05, 0.1) is 21.2 Å². The first-order valence-electron chi connectivity index (χ1n) is 5.46. The largest absolute Gasteiger partial charge is 0.337 e. The first-order valence-corrected chi connectivity index (χ1v) is 7.07. The van der Waals surface area contributed by atoms with Crippen molar-refractivity contribution >= 4 is 33.2 Å². The van der Waals surface area contributed by atoms with E-state index in [1.807, 2.05) is 12.1 Å². The molecule has 0 atom stereocenters. The Morgan fingerprint density at radius 3 is 2.76 bits per heavy atom. The molecule has 0 aromatic carbocycles. The molecule has 17 heavy (non-hydrogen) atoms. The van der Waals surface area contributed by atoms with Gasteiger partial charge in [0.25, 0.3) is 5.91 Å². The minimum Gasteiger partial charge on any atom is -0.337 e. The minimum absolute atomic E-state index is 0.0182. The summed E-state index contributed by atoms with van der Waals surface area (Å²) in [4.78, 5) is 14.7. The molecular formula is C12H15BrN2OS. The van der Waals surface area contributed by atoms with E-state index < -0.39 is 0 Å². The minimum atomic E-state index is 0.0182. The van der Waals surface area contributed by atoms with Gasteiger partial charge in [0.15, 0.2) is 0 Å². The third kappa shape index (κ3) is 4.49. The lowest BCUT2D eigenvalue weighted by Gasteiger charge is -2.22. The monoisotopic (exact) mass is 314 g/mol. The average Bonchev–Trinajstić information content (AvgIpc) is 2.69. The smallest absolute Gasteiger partial charge is 0.264 e. The second kappa shape index (κ2) is 6.77. The topological polar surface area (TPSA) is 44.1 Å². The Bertz CT molecular complexity index is 422. The van der Waals surface area contributed by atoms with E-state index in [0.29, 0.717) is 25.4 Å². The van der Waals surface area contributed by atoms with Crippen LogP contribution in [0.5, 0.6) is 0 Å². The van der Waals surface area contributed by atoms with Crippen LogP contribution >= 0.6 is 27.3 Å². The summed E-state index contributed by atoms with van der Waals surface area (Å²) >= 11 is 4.78. The maximum absolute atomic E-state index is 12.2. The molecule has 0 bridgehead atoms. The quantitative estimate of drug-likeness (QED) is 0.834. The number of amides is 1. The van der Waals surface area contributed by atoms with Crippen LogP contribution in [0.25, 0.3) is 0 Å². The molecule has 0 aliphatic rings. The maximum atomic E-state index is 12.2. The van der Waals surface area contributed by atoms with Gasteiger partial charge in [0, 0.05) is 13.1 Å². The molecule has 0 aliphatic heterocycles. The summed E-state index contributed by atoms with van der Waals surface area (Å²) in [5.74, 6) is 0.422. The van der Waals surface area contributed by atoms with Crippen LogP contribution in [0.1, 0.15) is 29.9 Å². The van der Waals surface area contributed by atoms with E-state index in [-0.39, 0.29) is 5.91 Å². The molecule has 1 rings (SSSR count). The molecule has 0 aliphatic carbocycles. The Labute approximate surface area is 114 Å². The molecule has 1 amide bonds. The van der Waals surface area contributed by atoms with Crippen molar-refractivity contribution in [3.8, 4) is 6.07 Å². The van der Waals surface area contributed by atoms with Gasteiger partial charge in [0.2, 0.25) is 0 Å². The Morgan fingerprint density at radius 1 is 1.59 bits per heavy atom. The molecule has 3 nitrogen and oxygen atoms in total. The summed E-state index contributed by atoms with van der Waals surface area (Å²) in [5, 5.41) is 8.61. The highest BCUT2D eigenvalue weighted by Crippen LogP contribution is 2.23. The number of carbonyl (C=O) groups excluding carboxylic acids is 1. The van der Waals surface area contributed by atoms with Gasteiger partial charge in [-0.25, -0.2) is 0 Å². The molecule has 0 saturated carbocycles. The SMILES string of the molecule is CC(C)CN(CCC#N)C(=O)c1ccc(Br)s1. The third-order valence-electron chi connectivity index (χ3n) is 2.15. The molecular weight excluding hydrogens is 300 g/mol. The van der Waals surface area contributed by atoms with E-state index >= 15 is 0 Å². The number of rotatable bonds is 5. The molecule has 0 saturated heterocycles. The van der Waals surface area contributed by atoms with Gasteiger partial charge in [-0.15, -0.1) is 11.3 Å². The number of nitrogens with zero attached hydrogens (tertiary/aromatic N) is 2. The van der Waals surface area contributed by atoms with Crippen molar-refractivity contribution in [3.63, 3.8) is 0 Å². The van der Waals surface area contributed by atoms with Crippen molar-refractivity contribution in [3.05, 3.63) is 20.8 Å². The third-order valence-corrected chi connectivity index (χ3v) is 3.76. The van der Waals surface area contributed by atoms with Crippen molar-refractivity contribution < 1.29 is 4.79 Å². The number of thiophene rings is 1. The van der Waals surface area contributed by atoms with Gasteiger partial charge < -0.3 is 4.90 Å². The predicted molar refractivity (Wildman–Crippen MR) is 73.0 cm³/mol. The van der Waals surface area contributed by atoms with Crippen LogP contribution in [0.4, 0.5) is 0 Å². The van der Waals surface area contributed by atoms with Crippen LogP contribution in [-0.2, 0) is 0 Å². The fourth-order valence-corrected chi connectivity index (χ4v) is 2.84. The maximum Gasteiger partial charge on any atom is 0.264 e. The Morgan fingerprint density at radius 2 is 2.29 bits per heavy atom. The van der Waals surface area contributed by atoms with Crippen LogP contribution in [0.3, 0.4) is 0 Å². The predicted octanol–water partition coefficient (Wildman–Crippen LogP) is 3.52. The van der Waals surface area contributed by atoms with Gasteiger partial charge in [-0.2, -0.15) is 5.26 Å². The Balaban J connectivity index is 2.75. The zero-order chi connectivity index (χ0) is 12.8. The zero-order valence-corrected chi connectivity index (χ0v) is 12.3. The second-order valence-electron chi connectivity index (χ2n) is 4.16. The van der Waals surface area contributed by atoms with Gasteiger partial charge in [-0.1, -0.05) is 13.8 Å². The summed E-state index contributed by atoms with van der Waals surface area (Å²) in [5.41, 5.74) is 0. The van der Waals surface area contributed by atoms with Crippen molar-refractivity contribution in [2.75, 3.05) is 13.1 Å².